The molecule has 1 unspecified atom stereocenters. The summed E-state index contributed by atoms with van der Waals surface area (Å²) in [5.41, 5.74) is 4.25. The van der Waals surface area contributed by atoms with E-state index in [0.29, 0.717) is 12.0 Å². The zero-order valence-electron chi connectivity index (χ0n) is 17.2. The molecule has 1 atom stereocenters. The van der Waals surface area contributed by atoms with Gasteiger partial charge in [-0.1, -0.05) is 61.5 Å². The van der Waals surface area contributed by atoms with Crippen molar-refractivity contribution in [2.24, 2.45) is 0 Å². The Morgan fingerprint density at radius 3 is 2.29 bits per heavy atom. The number of aliphatic carboxylic acids is 1. The number of benzene rings is 3. The smallest absolute Gasteiger partial charge is 0.328 e. The van der Waals surface area contributed by atoms with Gasteiger partial charge in [0.15, 0.2) is 5.78 Å². The molecule has 4 rings (SSSR count). The number of carbonyl (C=O) groups is 2. The van der Waals surface area contributed by atoms with Crippen LogP contribution >= 0.6 is 0 Å². The van der Waals surface area contributed by atoms with Crippen molar-refractivity contribution in [2.75, 3.05) is 0 Å². The van der Waals surface area contributed by atoms with Crippen molar-refractivity contribution in [3.63, 3.8) is 0 Å². The average molecular weight is 409 g/mol. The maximum absolute atomic E-state index is 13.7. The molecule has 0 bridgehead atoms. The van der Waals surface area contributed by atoms with Gasteiger partial charge in [-0.15, -0.1) is 0 Å². The Morgan fingerprint density at radius 2 is 1.65 bits per heavy atom. The summed E-state index contributed by atoms with van der Waals surface area (Å²) >= 11 is 0. The zero-order valence-corrected chi connectivity index (χ0v) is 17.2. The minimum atomic E-state index is -1.01. The number of para-hydroxylation sites is 1. The predicted octanol–water partition coefficient (Wildman–Crippen LogP) is 6.10. The molecule has 0 aliphatic rings. The molecule has 0 radical (unpaired) electrons. The monoisotopic (exact) mass is 409 g/mol. The van der Waals surface area contributed by atoms with Crippen molar-refractivity contribution in [2.45, 2.75) is 19.3 Å². The molecule has 0 saturated carbocycles. The average Bonchev–Trinajstić information content (AvgIpc) is 3.18. The van der Waals surface area contributed by atoms with Crippen molar-refractivity contribution in [3.8, 4) is 5.69 Å². The molecule has 3 aromatic carbocycles. The number of ketones is 1. The Morgan fingerprint density at radius 1 is 0.968 bits per heavy atom. The molecule has 4 aromatic rings. The molecule has 31 heavy (non-hydrogen) atoms. The van der Waals surface area contributed by atoms with Crippen LogP contribution in [-0.2, 0) is 4.79 Å². The summed E-state index contributed by atoms with van der Waals surface area (Å²) in [4.78, 5) is 24.6. The summed E-state index contributed by atoms with van der Waals surface area (Å²) in [5, 5.41) is 9.78. The van der Waals surface area contributed by atoms with Crippen LogP contribution in [0.3, 0.4) is 0 Å². The largest absolute Gasteiger partial charge is 0.478 e. The molecule has 154 valence electrons. The molecule has 0 amide bonds. The van der Waals surface area contributed by atoms with Crippen molar-refractivity contribution >= 4 is 28.7 Å². The highest BCUT2D eigenvalue weighted by Gasteiger charge is 2.24. The van der Waals surface area contributed by atoms with Crippen LogP contribution in [0.2, 0.25) is 0 Å². The second-order valence-electron chi connectivity index (χ2n) is 7.43. The Balaban J connectivity index is 1.89. The molecule has 1 heterocycles. The lowest BCUT2D eigenvalue weighted by molar-refractivity contribution is -0.131. The number of aromatic nitrogens is 1. The maximum atomic E-state index is 13.7. The highest BCUT2D eigenvalue weighted by atomic mass is 16.4. The van der Waals surface area contributed by atoms with Crippen molar-refractivity contribution in [1.82, 2.24) is 4.57 Å². The SMILES string of the molecule is CCC(C(=O)c1cn(-c2ccccc2)c2ccc(C=CC(=O)O)cc12)c1ccccc1. The van der Waals surface area contributed by atoms with Crippen LogP contribution in [0.5, 0.6) is 0 Å². The Labute approximate surface area is 181 Å². The van der Waals surface area contributed by atoms with Crippen LogP contribution in [0.4, 0.5) is 0 Å². The molecule has 0 aliphatic heterocycles. The number of hydrogen-bond acceptors (Lipinski definition) is 2. The molecule has 0 fully saturated rings. The molecule has 0 spiro atoms. The van der Waals surface area contributed by atoms with Crippen molar-refractivity contribution in [3.05, 3.63) is 108 Å². The van der Waals surface area contributed by atoms with E-state index in [1.807, 2.05) is 96.6 Å². The zero-order chi connectivity index (χ0) is 21.8. The summed E-state index contributed by atoms with van der Waals surface area (Å²) < 4.78 is 2.02. The first-order valence-corrected chi connectivity index (χ1v) is 10.3. The van der Waals surface area contributed by atoms with E-state index in [4.69, 9.17) is 5.11 Å². The number of hydrogen-bond donors (Lipinski definition) is 1. The number of carbonyl (C=O) groups excluding carboxylic acids is 1. The number of nitrogens with zero attached hydrogens (tertiary/aromatic N) is 1. The molecular formula is C27H23NO3. The topological polar surface area (TPSA) is 59.3 Å². The van der Waals surface area contributed by atoms with Crippen LogP contribution in [0.15, 0.2) is 91.1 Å². The van der Waals surface area contributed by atoms with Crippen LogP contribution < -0.4 is 0 Å². The second kappa shape index (κ2) is 8.84. The number of carboxylic acids is 1. The summed E-state index contributed by atoms with van der Waals surface area (Å²) in [6.07, 6.45) is 5.25. The van der Waals surface area contributed by atoms with E-state index in [0.717, 1.165) is 33.8 Å². The van der Waals surface area contributed by atoms with Crippen LogP contribution in [0.1, 0.15) is 40.7 Å². The quantitative estimate of drug-likeness (QED) is 0.296. The van der Waals surface area contributed by atoms with E-state index < -0.39 is 5.97 Å². The van der Waals surface area contributed by atoms with Gasteiger partial charge in [0.25, 0.3) is 0 Å². The normalized spacial score (nSPS) is 12.3. The molecular weight excluding hydrogens is 386 g/mol. The van der Waals surface area contributed by atoms with Crippen LogP contribution in [0, 0.1) is 0 Å². The first kappa shape index (κ1) is 20.4. The maximum Gasteiger partial charge on any atom is 0.328 e. The summed E-state index contributed by atoms with van der Waals surface area (Å²) in [6, 6.07) is 25.4. The molecule has 1 N–H and O–H groups in total. The van der Waals surface area contributed by atoms with Gasteiger partial charge in [-0.05, 0) is 47.9 Å². The Kier molecular flexibility index (Phi) is 5.80. The fraction of sp³-hybridized carbons (Fsp3) is 0.111. The summed E-state index contributed by atoms with van der Waals surface area (Å²) in [6.45, 7) is 2.02. The molecule has 0 saturated heterocycles. The molecule has 4 nitrogen and oxygen atoms in total. The van der Waals surface area contributed by atoms with Gasteiger partial charge in [0.1, 0.15) is 0 Å². The fourth-order valence-electron chi connectivity index (χ4n) is 3.96. The second-order valence-corrected chi connectivity index (χ2v) is 7.43. The first-order valence-electron chi connectivity index (χ1n) is 10.3. The van der Waals surface area contributed by atoms with E-state index in [9.17, 15) is 9.59 Å². The molecule has 4 heteroatoms. The number of Topliss-reactive ketones (excluding diaryl/α,β-unsaturated/α-hetero) is 1. The third-order valence-electron chi connectivity index (χ3n) is 5.47. The lowest BCUT2D eigenvalue weighted by atomic mass is 9.88. The molecule has 1 aromatic heterocycles. The number of fused-ring (bicyclic) bond motifs is 1. The third kappa shape index (κ3) is 4.19. The third-order valence-corrected chi connectivity index (χ3v) is 5.47. The van der Waals surface area contributed by atoms with E-state index >= 15 is 0 Å². The molecule has 0 aliphatic carbocycles. The van der Waals surface area contributed by atoms with Crippen molar-refractivity contribution < 1.29 is 14.7 Å². The highest BCUT2D eigenvalue weighted by molar-refractivity contribution is 6.11. The van der Waals surface area contributed by atoms with E-state index in [1.54, 1.807) is 6.08 Å². The van der Waals surface area contributed by atoms with Gasteiger partial charge in [0.2, 0.25) is 0 Å². The van der Waals surface area contributed by atoms with Gasteiger partial charge in [-0.2, -0.15) is 0 Å². The Bertz CT molecular complexity index is 1250. The van der Waals surface area contributed by atoms with Crippen molar-refractivity contribution in [1.29, 1.82) is 0 Å². The first-order chi connectivity index (χ1) is 15.1. The minimum absolute atomic E-state index is 0.0627. The van der Waals surface area contributed by atoms with Gasteiger partial charge >= 0.3 is 5.97 Å². The minimum Gasteiger partial charge on any atom is -0.478 e. The van der Waals surface area contributed by atoms with Crippen LogP contribution in [-0.4, -0.2) is 21.4 Å². The lowest BCUT2D eigenvalue weighted by Crippen LogP contribution is -2.12. The number of carboxylic acid groups (broad SMARTS) is 1. The van der Waals surface area contributed by atoms with Gasteiger partial charge in [0, 0.05) is 34.8 Å². The Hall–Kier alpha value is -3.92. The highest BCUT2D eigenvalue weighted by Crippen LogP contribution is 2.32. The van der Waals surface area contributed by atoms with Gasteiger partial charge in [-0.3, -0.25) is 4.79 Å². The van der Waals surface area contributed by atoms with E-state index in [-0.39, 0.29) is 11.7 Å². The number of rotatable bonds is 7. The van der Waals surface area contributed by atoms with Gasteiger partial charge < -0.3 is 9.67 Å². The predicted molar refractivity (Wildman–Crippen MR) is 124 cm³/mol. The van der Waals surface area contributed by atoms with Gasteiger partial charge in [-0.25, -0.2) is 4.79 Å². The standard InChI is InChI=1S/C27H23NO3/c1-2-22(20-9-5-3-6-10-20)27(31)24-18-28(21-11-7-4-8-12-21)25-15-13-19(17-23(24)25)14-16-26(29)30/h3-18,22H,2H2,1H3,(H,29,30). The summed E-state index contributed by atoms with van der Waals surface area (Å²) in [5.74, 6) is -1.18. The lowest BCUT2D eigenvalue weighted by Gasteiger charge is -2.13. The van der Waals surface area contributed by atoms with Gasteiger partial charge in [0.05, 0.1) is 5.52 Å². The van der Waals surface area contributed by atoms with E-state index in [1.165, 1.54) is 0 Å². The fourth-order valence-corrected chi connectivity index (χ4v) is 3.96. The van der Waals surface area contributed by atoms with E-state index in [2.05, 4.69) is 0 Å². The summed E-state index contributed by atoms with van der Waals surface area (Å²) in [7, 11) is 0. The van der Waals surface area contributed by atoms with Crippen LogP contribution in [0.25, 0.3) is 22.7 Å².